The molecule has 1 atom stereocenters. The summed E-state index contributed by atoms with van der Waals surface area (Å²) in [5.74, 6) is 1.65. The summed E-state index contributed by atoms with van der Waals surface area (Å²) in [6.07, 6.45) is 2.85. The van der Waals surface area contributed by atoms with Crippen LogP contribution >= 0.6 is 0 Å². The monoisotopic (exact) mass is 192 g/mol. The molecule has 2 nitrogen and oxygen atoms in total. The Kier molecular flexibility index (Phi) is 3.04. The molecule has 0 aliphatic heterocycles. The average Bonchev–Trinajstić information content (AvgIpc) is 3.05. The lowest BCUT2D eigenvalue weighted by atomic mass is 10.2. The molecule has 14 heavy (non-hydrogen) atoms. The van der Waals surface area contributed by atoms with E-state index < -0.39 is 0 Å². The quantitative estimate of drug-likeness (QED) is 0.713. The van der Waals surface area contributed by atoms with Crippen molar-refractivity contribution in [3.05, 3.63) is 30.3 Å². The second-order valence-electron chi connectivity index (χ2n) is 3.74. The van der Waals surface area contributed by atoms with E-state index in [4.69, 9.17) is 9.47 Å². The number of rotatable bonds is 5. The molecule has 1 fully saturated rings. The van der Waals surface area contributed by atoms with Gasteiger partial charge in [0, 0.05) is 7.11 Å². The highest BCUT2D eigenvalue weighted by atomic mass is 16.5. The fourth-order valence-corrected chi connectivity index (χ4v) is 1.56. The van der Waals surface area contributed by atoms with Gasteiger partial charge in [-0.3, -0.25) is 0 Å². The van der Waals surface area contributed by atoms with Crippen LogP contribution in [0.25, 0.3) is 0 Å². The molecule has 1 aliphatic carbocycles. The van der Waals surface area contributed by atoms with Gasteiger partial charge >= 0.3 is 0 Å². The summed E-state index contributed by atoms with van der Waals surface area (Å²) in [5, 5.41) is 0. The first kappa shape index (κ1) is 9.53. The Labute approximate surface area is 84.8 Å². The molecule has 0 radical (unpaired) electrons. The van der Waals surface area contributed by atoms with Crippen molar-refractivity contribution in [3.8, 4) is 5.75 Å². The van der Waals surface area contributed by atoms with Crippen LogP contribution in [0, 0.1) is 5.92 Å². The zero-order valence-corrected chi connectivity index (χ0v) is 8.48. The summed E-state index contributed by atoms with van der Waals surface area (Å²) in [6, 6.07) is 9.89. The van der Waals surface area contributed by atoms with Gasteiger partial charge in [-0.05, 0) is 30.9 Å². The summed E-state index contributed by atoms with van der Waals surface area (Å²) in [4.78, 5) is 0. The number of ether oxygens (including phenoxy) is 2. The molecule has 2 rings (SSSR count). The second-order valence-corrected chi connectivity index (χ2v) is 3.74. The lowest BCUT2D eigenvalue weighted by Crippen LogP contribution is -2.22. The van der Waals surface area contributed by atoms with Crippen molar-refractivity contribution in [3.63, 3.8) is 0 Å². The summed E-state index contributed by atoms with van der Waals surface area (Å²) >= 11 is 0. The van der Waals surface area contributed by atoms with Crippen molar-refractivity contribution >= 4 is 0 Å². The number of benzene rings is 1. The third-order valence-electron chi connectivity index (χ3n) is 2.61. The van der Waals surface area contributed by atoms with Crippen LogP contribution in [0.4, 0.5) is 0 Å². The third kappa shape index (κ3) is 2.48. The van der Waals surface area contributed by atoms with Gasteiger partial charge in [-0.25, -0.2) is 0 Å². The molecule has 0 N–H and O–H groups in total. The first-order valence-corrected chi connectivity index (χ1v) is 5.11. The van der Waals surface area contributed by atoms with E-state index in [2.05, 4.69) is 0 Å². The zero-order chi connectivity index (χ0) is 9.80. The normalized spacial score (nSPS) is 17.8. The minimum absolute atomic E-state index is 0.273. The standard InChI is InChI=1S/C12H16O2/c1-13-12(10-7-8-10)9-14-11-5-3-2-4-6-11/h2-6,10,12H,7-9H2,1H3. The molecule has 0 bridgehead atoms. The Morgan fingerprint density at radius 1 is 1.29 bits per heavy atom. The topological polar surface area (TPSA) is 18.5 Å². The minimum atomic E-state index is 0.273. The third-order valence-corrected chi connectivity index (χ3v) is 2.61. The van der Waals surface area contributed by atoms with Gasteiger partial charge in [-0.1, -0.05) is 18.2 Å². The highest BCUT2D eigenvalue weighted by Crippen LogP contribution is 2.34. The van der Waals surface area contributed by atoms with E-state index in [0.29, 0.717) is 6.61 Å². The molecule has 1 aliphatic rings. The van der Waals surface area contributed by atoms with Gasteiger partial charge < -0.3 is 9.47 Å². The molecule has 1 unspecified atom stereocenters. The lowest BCUT2D eigenvalue weighted by Gasteiger charge is -2.15. The van der Waals surface area contributed by atoms with Crippen LogP contribution in [0.2, 0.25) is 0 Å². The van der Waals surface area contributed by atoms with Crippen LogP contribution < -0.4 is 4.74 Å². The van der Waals surface area contributed by atoms with Crippen LogP contribution in [0.3, 0.4) is 0 Å². The zero-order valence-electron chi connectivity index (χ0n) is 8.48. The number of para-hydroxylation sites is 1. The molecule has 0 spiro atoms. The molecule has 0 saturated heterocycles. The predicted molar refractivity (Wildman–Crippen MR) is 55.5 cm³/mol. The Bertz CT molecular complexity index is 267. The minimum Gasteiger partial charge on any atom is -0.491 e. The Balaban J connectivity index is 1.81. The number of hydrogen-bond donors (Lipinski definition) is 0. The highest BCUT2D eigenvalue weighted by Gasteiger charge is 2.31. The Hall–Kier alpha value is -1.02. The van der Waals surface area contributed by atoms with Crippen molar-refractivity contribution in [1.29, 1.82) is 0 Å². The van der Waals surface area contributed by atoms with E-state index in [1.807, 2.05) is 30.3 Å². The molecule has 1 aromatic rings. The number of hydrogen-bond acceptors (Lipinski definition) is 2. The van der Waals surface area contributed by atoms with Gasteiger partial charge in [0.05, 0.1) is 6.10 Å². The van der Waals surface area contributed by atoms with E-state index in [0.717, 1.165) is 11.7 Å². The average molecular weight is 192 g/mol. The first-order chi connectivity index (χ1) is 6.90. The van der Waals surface area contributed by atoms with Crippen LogP contribution in [0.1, 0.15) is 12.8 Å². The van der Waals surface area contributed by atoms with Crippen molar-refractivity contribution in [2.45, 2.75) is 18.9 Å². The van der Waals surface area contributed by atoms with E-state index in [9.17, 15) is 0 Å². The highest BCUT2D eigenvalue weighted by molar-refractivity contribution is 5.20. The maximum atomic E-state index is 5.64. The molecule has 76 valence electrons. The molecule has 2 heteroatoms. The van der Waals surface area contributed by atoms with Crippen molar-refractivity contribution in [1.82, 2.24) is 0 Å². The van der Waals surface area contributed by atoms with Gasteiger partial charge in [-0.2, -0.15) is 0 Å². The summed E-state index contributed by atoms with van der Waals surface area (Å²) in [6.45, 7) is 0.672. The molecule has 0 aromatic heterocycles. The van der Waals surface area contributed by atoms with Gasteiger partial charge in [-0.15, -0.1) is 0 Å². The fraction of sp³-hybridized carbons (Fsp3) is 0.500. The van der Waals surface area contributed by atoms with Crippen LogP contribution in [0.15, 0.2) is 30.3 Å². The SMILES string of the molecule is COC(COc1ccccc1)C1CC1. The van der Waals surface area contributed by atoms with E-state index in [1.165, 1.54) is 12.8 Å². The first-order valence-electron chi connectivity index (χ1n) is 5.11. The Morgan fingerprint density at radius 3 is 2.57 bits per heavy atom. The smallest absolute Gasteiger partial charge is 0.119 e. The van der Waals surface area contributed by atoms with E-state index in [1.54, 1.807) is 7.11 Å². The maximum Gasteiger partial charge on any atom is 0.119 e. The molecule has 0 amide bonds. The van der Waals surface area contributed by atoms with Gasteiger partial charge in [0.25, 0.3) is 0 Å². The lowest BCUT2D eigenvalue weighted by molar-refractivity contribution is 0.0425. The maximum absolute atomic E-state index is 5.64. The van der Waals surface area contributed by atoms with Crippen LogP contribution in [-0.2, 0) is 4.74 Å². The van der Waals surface area contributed by atoms with Crippen molar-refractivity contribution < 1.29 is 9.47 Å². The second kappa shape index (κ2) is 4.47. The van der Waals surface area contributed by atoms with Crippen molar-refractivity contribution in [2.24, 2.45) is 5.92 Å². The van der Waals surface area contributed by atoms with Crippen LogP contribution in [0.5, 0.6) is 5.75 Å². The van der Waals surface area contributed by atoms with Gasteiger partial charge in [0.15, 0.2) is 0 Å². The fourth-order valence-electron chi connectivity index (χ4n) is 1.56. The molecule has 0 heterocycles. The van der Waals surface area contributed by atoms with Crippen molar-refractivity contribution in [2.75, 3.05) is 13.7 Å². The summed E-state index contributed by atoms with van der Waals surface area (Å²) < 4.78 is 11.0. The number of methoxy groups -OCH3 is 1. The molecule has 1 saturated carbocycles. The Morgan fingerprint density at radius 2 is 2.00 bits per heavy atom. The predicted octanol–water partition coefficient (Wildman–Crippen LogP) is 2.49. The largest absolute Gasteiger partial charge is 0.491 e. The van der Waals surface area contributed by atoms with E-state index >= 15 is 0 Å². The van der Waals surface area contributed by atoms with Crippen LogP contribution in [-0.4, -0.2) is 19.8 Å². The summed E-state index contributed by atoms with van der Waals surface area (Å²) in [7, 11) is 1.76. The molecule has 1 aromatic carbocycles. The molecular weight excluding hydrogens is 176 g/mol. The summed E-state index contributed by atoms with van der Waals surface area (Å²) in [5.41, 5.74) is 0. The van der Waals surface area contributed by atoms with Gasteiger partial charge in [0.2, 0.25) is 0 Å². The van der Waals surface area contributed by atoms with E-state index in [-0.39, 0.29) is 6.10 Å². The molecular formula is C12H16O2. The van der Waals surface area contributed by atoms with Gasteiger partial charge in [0.1, 0.15) is 12.4 Å².